The highest BCUT2D eigenvalue weighted by Crippen LogP contribution is 2.24. The number of aromatic carboxylic acids is 1. The van der Waals surface area contributed by atoms with E-state index in [1.807, 2.05) is 19.9 Å². The van der Waals surface area contributed by atoms with Crippen LogP contribution in [0.15, 0.2) is 24.3 Å². The molecule has 110 valence electrons. The van der Waals surface area contributed by atoms with Crippen LogP contribution in [0.4, 0.5) is 5.69 Å². The van der Waals surface area contributed by atoms with Crippen molar-refractivity contribution in [2.45, 2.75) is 20.4 Å². The molecule has 3 N–H and O–H groups in total. The van der Waals surface area contributed by atoms with Crippen LogP contribution >= 0.6 is 0 Å². The highest BCUT2D eigenvalue weighted by molar-refractivity contribution is 5.94. The second-order valence-corrected chi connectivity index (χ2v) is 4.67. The molecule has 0 aliphatic rings. The summed E-state index contributed by atoms with van der Waals surface area (Å²) in [6, 6.07) is 5.59. The maximum absolute atomic E-state index is 11.9. The number of hydrogen-bond donors (Lipinski definition) is 3. The fourth-order valence-electron chi connectivity index (χ4n) is 1.93. The van der Waals surface area contributed by atoms with Crippen LogP contribution in [0.3, 0.4) is 0 Å². The minimum absolute atomic E-state index is 0.0137. The number of aromatic hydroxyl groups is 1. The van der Waals surface area contributed by atoms with E-state index in [1.165, 1.54) is 12.1 Å². The molecule has 7 heteroatoms. The minimum Gasteiger partial charge on any atom is -0.506 e. The van der Waals surface area contributed by atoms with Gasteiger partial charge in [0, 0.05) is 5.69 Å². The van der Waals surface area contributed by atoms with Gasteiger partial charge in [0.25, 0.3) is 0 Å². The van der Waals surface area contributed by atoms with E-state index in [0.29, 0.717) is 0 Å². The summed E-state index contributed by atoms with van der Waals surface area (Å²) in [7, 11) is 0. The van der Waals surface area contributed by atoms with Crippen molar-refractivity contribution in [3.05, 3.63) is 41.2 Å². The zero-order valence-corrected chi connectivity index (χ0v) is 11.6. The summed E-state index contributed by atoms with van der Waals surface area (Å²) in [5.74, 6) is -1.80. The number of anilines is 1. The van der Waals surface area contributed by atoms with Crippen molar-refractivity contribution < 1.29 is 19.8 Å². The van der Waals surface area contributed by atoms with Gasteiger partial charge in [-0.2, -0.15) is 5.10 Å². The number of benzene rings is 1. The highest BCUT2D eigenvalue weighted by Gasteiger charge is 2.12. The van der Waals surface area contributed by atoms with E-state index in [9.17, 15) is 14.7 Å². The number of phenols is 1. The van der Waals surface area contributed by atoms with Crippen molar-refractivity contribution in [3.8, 4) is 5.75 Å². The van der Waals surface area contributed by atoms with E-state index in [4.69, 9.17) is 5.11 Å². The van der Waals surface area contributed by atoms with Crippen molar-refractivity contribution in [1.29, 1.82) is 0 Å². The molecule has 21 heavy (non-hydrogen) atoms. The van der Waals surface area contributed by atoms with Crippen molar-refractivity contribution in [2.24, 2.45) is 0 Å². The Morgan fingerprint density at radius 1 is 1.29 bits per heavy atom. The fraction of sp³-hybridized carbons (Fsp3) is 0.214. The number of nitrogens with zero attached hydrogens (tertiary/aromatic N) is 2. The third-order valence-electron chi connectivity index (χ3n) is 2.92. The summed E-state index contributed by atoms with van der Waals surface area (Å²) in [5, 5.41) is 25.2. The van der Waals surface area contributed by atoms with E-state index in [2.05, 4.69) is 10.4 Å². The average Bonchev–Trinajstić information content (AvgIpc) is 2.70. The Bertz CT molecular complexity index is 706. The third-order valence-corrected chi connectivity index (χ3v) is 2.92. The molecule has 1 aromatic heterocycles. The Hall–Kier alpha value is -2.83. The second-order valence-electron chi connectivity index (χ2n) is 4.67. The third kappa shape index (κ3) is 3.38. The Morgan fingerprint density at radius 3 is 2.52 bits per heavy atom. The fourth-order valence-corrected chi connectivity index (χ4v) is 1.93. The molecule has 2 rings (SSSR count). The smallest absolute Gasteiger partial charge is 0.335 e. The van der Waals surface area contributed by atoms with Crippen LogP contribution < -0.4 is 5.32 Å². The molecule has 0 atom stereocenters. The lowest BCUT2D eigenvalue weighted by molar-refractivity contribution is -0.117. The minimum atomic E-state index is -1.15. The lowest BCUT2D eigenvalue weighted by atomic mass is 10.2. The predicted octanol–water partition coefficient (Wildman–Crippen LogP) is 1.54. The van der Waals surface area contributed by atoms with Crippen LogP contribution in [0.5, 0.6) is 5.75 Å². The summed E-state index contributed by atoms with van der Waals surface area (Å²) in [6.07, 6.45) is 0. The summed E-state index contributed by atoms with van der Waals surface area (Å²) in [6.45, 7) is 3.68. The molecule has 0 spiro atoms. The number of carboxylic acid groups (broad SMARTS) is 1. The topological polar surface area (TPSA) is 104 Å². The molecule has 0 saturated heterocycles. The number of nitrogens with one attached hydrogen (secondary N) is 1. The summed E-state index contributed by atoms with van der Waals surface area (Å²) >= 11 is 0. The molecular weight excluding hydrogens is 274 g/mol. The van der Waals surface area contributed by atoms with Crippen LogP contribution in [0.1, 0.15) is 21.7 Å². The van der Waals surface area contributed by atoms with Gasteiger partial charge in [-0.1, -0.05) is 0 Å². The predicted molar refractivity (Wildman–Crippen MR) is 75.4 cm³/mol. The summed E-state index contributed by atoms with van der Waals surface area (Å²) < 4.78 is 1.55. The SMILES string of the molecule is Cc1cc(C)n(CC(=O)Nc2ccc(C(=O)O)cc2O)n1. The molecule has 1 heterocycles. The van der Waals surface area contributed by atoms with Gasteiger partial charge < -0.3 is 15.5 Å². The normalized spacial score (nSPS) is 10.4. The largest absolute Gasteiger partial charge is 0.506 e. The van der Waals surface area contributed by atoms with Crippen LogP contribution in [0, 0.1) is 13.8 Å². The van der Waals surface area contributed by atoms with Gasteiger partial charge in [0.2, 0.25) is 5.91 Å². The van der Waals surface area contributed by atoms with Crippen LogP contribution in [0.2, 0.25) is 0 Å². The number of carbonyl (C=O) groups is 2. The van der Waals surface area contributed by atoms with E-state index >= 15 is 0 Å². The monoisotopic (exact) mass is 289 g/mol. The molecular formula is C14H15N3O4. The van der Waals surface area contributed by atoms with E-state index in [0.717, 1.165) is 17.5 Å². The lowest BCUT2D eigenvalue weighted by Crippen LogP contribution is -2.20. The number of aryl methyl sites for hydroxylation is 2. The zero-order valence-electron chi connectivity index (χ0n) is 11.6. The number of hydrogen-bond acceptors (Lipinski definition) is 4. The van der Waals surface area contributed by atoms with Gasteiger partial charge >= 0.3 is 5.97 Å². The number of carbonyl (C=O) groups excluding carboxylic acids is 1. The number of phenolic OH excluding ortho intramolecular Hbond substituents is 1. The number of rotatable bonds is 4. The molecule has 0 radical (unpaired) electrons. The quantitative estimate of drug-likeness (QED) is 0.741. The van der Waals surface area contributed by atoms with Gasteiger partial charge in [0.15, 0.2) is 0 Å². The maximum Gasteiger partial charge on any atom is 0.335 e. The first-order chi connectivity index (χ1) is 9.86. The van der Waals surface area contributed by atoms with Gasteiger partial charge in [-0.05, 0) is 38.1 Å². The second kappa shape index (κ2) is 5.66. The Morgan fingerprint density at radius 2 is 2.00 bits per heavy atom. The molecule has 0 aliphatic heterocycles. The van der Waals surface area contributed by atoms with E-state index in [1.54, 1.807) is 4.68 Å². The standard InChI is InChI=1S/C14H15N3O4/c1-8-5-9(2)17(16-8)7-13(19)15-11-4-3-10(14(20)21)6-12(11)18/h3-6,18H,7H2,1-2H3,(H,15,19)(H,20,21). The van der Waals surface area contributed by atoms with E-state index in [-0.39, 0.29) is 29.5 Å². The first-order valence-corrected chi connectivity index (χ1v) is 6.24. The Balaban J connectivity index is 2.09. The van der Waals surface area contributed by atoms with Crippen molar-refractivity contribution in [1.82, 2.24) is 9.78 Å². The number of carboxylic acids is 1. The highest BCUT2D eigenvalue weighted by atomic mass is 16.4. The van der Waals surface area contributed by atoms with Crippen molar-refractivity contribution in [2.75, 3.05) is 5.32 Å². The molecule has 2 aromatic rings. The first-order valence-electron chi connectivity index (χ1n) is 6.24. The van der Waals surface area contributed by atoms with Crippen LogP contribution in [-0.4, -0.2) is 31.9 Å². The maximum atomic E-state index is 11.9. The summed E-state index contributed by atoms with van der Waals surface area (Å²) in [4.78, 5) is 22.7. The van der Waals surface area contributed by atoms with Crippen LogP contribution in [-0.2, 0) is 11.3 Å². The molecule has 0 saturated carbocycles. The van der Waals surface area contributed by atoms with Crippen molar-refractivity contribution in [3.63, 3.8) is 0 Å². The molecule has 7 nitrogen and oxygen atoms in total. The van der Waals surface area contributed by atoms with Gasteiger partial charge in [0.1, 0.15) is 12.3 Å². The zero-order chi connectivity index (χ0) is 15.6. The van der Waals surface area contributed by atoms with Crippen LogP contribution in [0.25, 0.3) is 0 Å². The molecule has 1 aromatic carbocycles. The van der Waals surface area contributed by atoms with Gasteiger partial charge in [-0.25, -0.2) is 4.79 Å². The lowest BCUT2D eigenvalue weighted by Gasteiger charge is -2.09. The van der Waals surface area contributed by atoms with E-state index < -0.39 is 5.97 Å². The number of amides is 1. The Labute approximate surface area is 120 Å². The van der Waals surface area contributed by atoms with Crippen molar-refractivity contribution >= 4 is 17.6 Å². The molecule has 0 aliphatic carbocycles. The average molecular weight is 289 g/mol. The molecule has 1 amide bonds. The molecule has 0 unspecified atom stereocenters. The summed E-state index contributed by atoms with van der Waals surface area (Å²) in [5.41, 5.74) is 1.78. The molecule has 0 fully saturated rings. The molecule has 0 bridgehead atoms. The van der Waals surface area contributed by atoms with Gasteiger partial charge in [-0.15, -0.1) is 0 Å². The van der Waals surface area contributed by atoms with Gasteiger partial charge in [-0.3, -0.25) is 9.48 Å². The Kier molecular flexibility index (Phi) is 3.93. The van der Waals surface area contributed by atoms with Gasteiger partial charge in [0.05, 0.1) is 16.9 Å². The first kappa shape index (κ1) is 14.6. The number of aromatic nitrogens is 2.